The van der Waals surface area contributed by atoms with Gasteiger partial charge in [-0.15, -0.1) is 0 Å². The third kappa shape index (κ3) is 2.11. The van der Waals surface area contributed by atoms with Gasteiger partial charge in [0, 0.05) is 18.4 Å². The Bertz CT molecular complexity index is 693. The zero-order chi connectivity index (χ0) is 17.7. The van der Waals surface area contributed by atoms with Gasteiger partial charge in [-0.25, -0.2) is 17.6 Å². The van der Waals surface area contributed by atoms with Crippen LogP contribution in [0.25, 0.3) is 0 Å². The second kappa shape index (κ2) is 4.25. The van der Waals surface area contributed by atoms with Crippen LogP contribution in [0.15, 0.2) is 0 Å². The first-order valence-electron chi connectivity index (χ1n) is 7.46. The molecule has 1 spiro atoms. The number of aromatic nitrogens is 2. The largest absolute Gasteiger partial charge is 0.435 e. The molecule has 3 nitrogen and oxygen atoms in total. The van der Waals surface area contributed by atoms with Gasteiger partial charge in [0.15, 0.2) is 5.69 Å². The molecule has 10 heteroatoms. The number of alkyl halides is 7. The molecule has 3 aliphatic carbocycles. The molecule has 1 N–H and O–H groups in total. The zero-order valence-corrected chi connectivity index (χ0v) is 12.2. The van der Waals surface area contributed by atoms with Crippen molar-refractivity contribution in [3.63, 3.8) is 0 Å². The fourth-order valence-corrected chi connectivity index (χ4v) is 4.44. The van der Waals surface area contributed by atoms with Crippen molar-refractivity contribution in [2.24, 2.45) is 5.41 Å². The van der Waals surface area contributed by atoms with Gasteiger partial charge in [0.25, 0.3) is 5.92 Å². The summed E-state index contributed by atoms with van der Waals surface area (Å²) in [5.41, 5.74) is -3.36. The molecule has 134 valence electrons. The van der Waals surface area contributed by atoms with Crippen molar-refractivity contribution in [1.29, 1.82) is 0 Å². The van der Waals surface area contributed by atoms with Crippen LogP contribution in [-0.4, -0.2) is 26.7 Å². The number of aliphatic hydroxyl groups excluding tert-OH is 1. The Labute approximate surface area is 131 Å². The normalized spacial score (nSPS) is 30.1. The average Bonchev–Trinajstić information content (AvgIpc) is 2.79. The second-order valence-electron chi connectivity index (χ2n) is 7.26. The Morgan fingerprint density at radius 3 is 2.17 bits per heavy atom. The molecule has 0 unspecified atom stereocenters. The van der Waals surface area contributed by atoms with Crippen LogP contribution in [0.1, 0.15) is 54.8 Å². The molecule has 0 radical (unpaired) electrons. The summed E-state index contributed by atoms with van der Waals surface area (Å²) in [4.78, 5) is 0. The SMILES string of the molecule is O[C@H]1c2c(C(F)(F)F)nn(C3CC4(C3)CC(F)(F)C4)c2CC1(F)F. The molecule has 1 aromatic heterocycles. The quantitative estimate of drug-likeness (QED) is 0.774. The highest BCUT2D eigenvalue weighted by atomic mass is 19.4. The van der Waals surface area contributed by atoms with Crippen molar-refractivity contribution >= 4 is 0 Å². The molecule has 1 heterocycles. The molecule has 0 bridgehead atoms. The number of hydrogen-bond acceptors (Lipinski definition) is 2. The Balaban J connectivity index is 1.66. The van der Waals surface area contributed by atoms with Crippen molar-refractivity contribution in [2.45, 2.75) is 62.3 Å². The van der Waals surface area contributed by atoms with E-state index in [9.17, 15) is 35.8 Å². The molecule has 1 aromatic rings. The first-order valence-corrected chi connectivity index (χ1v) is 7.46. The van der Waals surface area contributed by atoms with E-state index in [-0.39, 0.29) is 31.4 Å². The van der Waals surface area contributed by atoms with E-state index in [1.165, 1.54) is 0 Å². The molecule has 4 rings (SSSR count). The summed E-state index contributed by atoms with van der Waals surface area (Å²) in [6.07, 6.45) is -8.84. The standard InChI is InChI=1S/C14H13F7N2O/c15-12(16)4-11(5-12)1-6(2-11)23-7-3-13(17,18)10(24)8(7)9(22-23)14(19,20)21/h6,10,24H,1-5H2/t10-/m0/s1. The lowest BCUT2D eigenvalue weighted by Crippen LogP contribution is -2.54. The molecule has 1 atom stereocenters. The minimum atomic E-state index is -4.97. The van der Waals surface area contributed by atoms with E-state index in [0.29, 0.717) is 0 Å². The van der Waals surface area contributed by atoms with Gasteiger partial charge >= 0.3 is 6.18 Å². The van der Waals surface area contributed by atoms with E-state index < -0.39 is 53.3 Å². The molecule has 24 heavy (non-hydrogen) atoms. The zero-order valence-electron chi connectivity index (χ0n) is 12.2. The van der Waals surface area contributed by atoms with E-state index in [2.05, 4.69) is 5.10 Å². The highest BCUT2D eigenvalue weighted by molar-refractivity contribution is 5.38. The summed E-state index contributed by atoms with van der Waals surface area (Å²) in [5.74, 6) is -6.45. The van der Waals surface area contributed by atoms with Crippen LogP contribution in [0.3, 0.4) is 0 Å². The van der Waals surface area contributed by atoms with Gasteiger partial charge < -0.3 is 5.11 Å². The monoisotopic (exact) mass is 358 g/mol. The van der Waals surface area contributed by atoms with E-state index in [1.54, 1.807) is 0 Å². The molecule has 0 amide bonds. The van der Waals surface area contributed by atoms with Crippen LogP contribution >= 0.6 is 0 Å². The molecular weight excluding hydrogens is 345 g/mol. The lowest BCUT2D eigenvalue weighted by Gasteiger charge is -2.57. The molecule has 0 saturated heterocycles. The van der Waals surface area contributed by atoms with Gasteiger partial charge in [-0.1, -0.05) is 0 Å². The Hall–Kier alpha value is -1.32. The van der Waals surface area contributed by atoms with Crippen LogP contribution in [0.4, 0.5) is 30.7 Å². The predicted molar refractivity (Wildman–Crippen MR) is 65.7 cm³/mol. The number of halogens is 7. The maximum absolute atomic E-state index is 13.7. The van der Waals surface area contributed by atoms with Crippen LogP contribution in [0.5, 0.6) is 0 Å². The van der Waals surface area contributed by atoms with E-state index in [0.717, 1.165) is 4.68 Å². The number of rotatable bonds is 1. The lowest BCUT2D eigenvalue weighted by molar-refractivity contribution is -0.204. The molecule has 2 fully saturated rings. The summed E-state index contributed by atoms with van der Waals surface area (Å²) >= 11 is 0. The topological polar surface area (TPSA) is 38.1 Å². The van der Waals surface area contributed by atoms with Crippen molar-refractivity contribution in [3.05, 3.63) is 17.0 Å². The summed E-state index contributed by atoms with van der Waals surface area (Å²) in [6, 6.07) is -0.618. The summed E-state index contributed by atoms with van der Waals surface area (Å²) in [6.45, 7) is 0. The number of nitrogens with zero attached hydrogens (tertiary/aromatic N) is 2. The number of fused-ring (bicyclic) bond motifs is 1. The minimum absolute atomic E-state index is 0.190. The van der Waals surface area contributed by atoms with Crippen LogP contribution < -0.4 is 0 Å². The fraction of sp³-hybridized carbons (Fsp3) is 0.786. The molecule has 2 saturated carbocycles. The highest BCUT2D eigenvalue weighted by Gasteiger charge is 2.63. The van der Waals surface area contributed by atoms with Gasteiger partial charge in [-0.3, -0.25) is 4.68 Å². The molecule has 0 aliphatic heterocycles. The summed E-state index contributed by atoms with van der Waals surface area (Å²) < 4.78 is 93.4. The molecule has 0 aromatic carbocycles. The van der Waals surface area contributed by atoms with Crippen LogP contribution in [-0.2, 0) is 12.6 Å². The Kier molecular flexibility index (Phi) is 2.87. The maximum Gasteiger partial charge on any atom is 0.435 e. The second-order valence-corrected chi connectivity index (χ2v) is 7.26. The molecule has 3 aliphatic rings. The Morgan fingerprint density at radius 2 is 1.67 bits per heavy atom. The molecular formula is C14H13F7N2O. The fourth-order valence-electron chi connectivity index (χ4n) is 4.44. The van der Waals surface area contributed by atoms with Crippen LogP contribution in [0, 0.1) is 5.41 Å². The van der Waals surface area contributed by atoms with E-state index in [4.69, 9.17) is 0 Å². The summed E-state index contributed by atoms with van der Waals surface area (Å²) in [5, 5.41) is 13.0. The van der Waals surface area contributed by atoms with Gasteiger partial charge in [0.2, 0.25) is 5.92 Å². The Morgan fingerprint density at radius 1 is 1.08 bits per heavy atom. The highest BCUT2D eigenvalue weighted by Crippen LogP contribution is 2.66. The van der Waals surface area contributed by atoms with Crippen molar-refractivity contribution in [2.75, 3.05) is 0 Å². The third-order valence-electron chi connectivity index (χ3n) is 5.35. The lowest BCUT2D eigenvalue weighted by atomic mass is 9.52. The minimum Gasteiger partial charge on any atom is -0.382 e. The number of hydrogen-bond donors (Lipinski definition) is 1. The maximum atomic E-state index is 13.7. The van der Waals surface area contributed by atoms with Gasteiger partial charge in [0.1, 0.15) is 6.10 Å². The van der Waals surface area contributed by atoms with E-state index in [1.807, 2.05) is 0 Å². The number of aliphatic hydroxyl groups is 1. The third-order valence-corrected chi connectivity index (χ3v) is 5.35. The average molecular weight is 358 g/mol. The van der Waals surface area contributed by atoms with Crippen LogP contribution in [0.2, 0.25) is 0 Å². The first-order chi connectivity index (χ1) is 10.8. The van der Waals surface area contributed by atoms with E-state index >= 15 is 0 Å². The van der Waals surface area contributed by atoms with Crippen molar-refractivity contribution in [1.82, 2.24) is 9.78 Å². The van der Waals surface area contributed by atoms with Gasteiger partial charge in [-0.2, -0.15) is 18.3 Å². The van der Waals surface area contributed by atoms with Gasteiger partial charge in [0.05, 0.1) is 18.2 Å². The predicted octanol–water partition coefficient (Wildman–Crippen LogP) is 3.88. The smallest absolute Gasteiger partial charge is 0.382 e. The summed E-state index contributed by atoms with van der Waals surface area (Å²) in [7, 11) is 0. The van der Waals surface area contributed by atoms with Gasteiger partial charge in [-0.05, 0) is 18.3 Å². The first kappa shape index (κ1) is 16.2. The van der Waals surface area contributed by atoms with Crippen molar-refractivity contribution in [3.8, 4) is 0 Å². The van der Waals surface area contributed by atoms with Crippen molar-refractivity contribution < 1.29 is 35.8 Å².